The number of carbonyl (C=O) groups is 2. The van der Waals surface area contributed by atoms with E-state index in [4.69, 9.17) is 27.6 Å². The third-order valence-electron chi connectivity index (χ3n) is 4.15. The normalized spacial score (nSPS) is 10.6. The number of halogens is 2. The number of aryl methyl sites for hydroxylation is 1. The molecule has 6 nitrogen and oxygen atoms in total. The van der Waals surface area contributed by atoms with Gasteiger partial charge < -0.3 is 14.6 Å². The van der Waals surface area contributed by atoms with Gasteiger partial charge in [0.1, 0.15) is 0 Å². The van der Waals surface area contributed by atoms with Crippen LogP contribution >= 0.6 is 23.2 Å². The molecule has 0 aliphatic rings. The summed E-state index contributed by atoms with van der Waals surface area (Å²) < 4.78 is 5.70. The molecule has 0 aliphatic carbocycles. The lowest BCUT2D eigenvalue weighted by molar-refractivity contribution is -0.116. The first-order valence-electron chi connectivity index (χ1n) is 8.86. The summed E-state index contributed by atoms with van der Waals surface area (Å²) >= 11 is 12.3. The second kappa shape index (κ2) is 9.11. The molecule has 2 aromatic carbocycles. The molecule has 0 saturated carbocycles. The van der Waals surface area contributed by atoms with Gasteiger partial charge in [-0.1, -0.05) is 35.3 Å². The molecular formula is C21H19Cl2N3O3. The average molecular weight is 432 g/mol. The van der Waals surface area contributed by atoms with Crippen LogP contribution in [-0.4, -0.2) is 35.8 Å². The molecule has 0 atom stereocenters. The predicted molar refractivity (Wildman–Crippen MR) is 113 cm³/mol. The van der Waals surface area contributed by atoms with Crippen molar-refractivity contribution in [2.24, 2.45) is 0 Å². The largest absolute Gasteiger partial charge is 0.441 e. The highest BCUT2D eigenvalue weighted by atomic mass is 35.5. The van der Waals surface area contributed by atoms with E-state index in [0.29, 0.717) is 39.4 Å². The molecule has 0 bridgehead atoms. The van der Waals surface area contributed by atoms with Crippen molar-refractivity contribution < 1.29 is 14.0 Å². The molecule has 0 radical (unpaired) electrons. The van der Waals surface area contributed by atoms with Crippen molar-refractivity contribution in [1.82, 2.24) is 9.88 Å². The maximum Gasteiger partial charge on any atom is 0.253 e. The van der Waals surface area contributed by atoms with Crippen LogP contribution in [0.1, 0.15) is 22.7 Å². The Morgan fingerprint density at radius 3 is 2.59 bits per heavy atom. The highest BCUT2D eigenvalue weighted by molar-refractivity contribution is 6.34. The van der Waals surface area contributed by atoms with Gasteiger partial charge in [0.05, 0.1) is 21.9 Å². The number of carbonyl (C=O) groups excluding carboxylic acids is 2. The molecule has 3 aromatic rings. The molecule has 3 rings (SSSR count). The first kappa shape index (κ1) is 20.9. The smallest absolute Gasteiger partial charge is 0.253 e. The summed E-state index contributed by atoms with van der Waals surface area (Å²) in [6.07, 6.45) is 2.04. The van der Waals surface area contributed by atoms with Crippen molar-refractivity contribution in [1.29, 1.82) is 0 Å². The van der Waals surface area contributed by atoms with Crippen molar-refractivity contribution in [3.63, 3.8) is 0 Å². The number of anilines is 1. The van der Waals surface area contributed by atoms with Crippen LogP contribution in [0, 0.1) is 0 Å². The molecule has 29 heavy (non-hydrogen) atoms. The highest BCUT2D eigenvalue weighted by Gasteiger charge is 2.14. The Balaban J connectivity index is 1.63. The van der Waals surface area contributed by atoms with E-state index in [9.17, 15) is 9.59 Å². The Labute approximate surface area is 178 Å². The van der Waals surface area contributed by atoms with Gasteiger partial charge in [-0.3, -0.25) is 9.59 Å². The van der Waals surface area contributed by atoms with Crippen LogP contribution < -0.4 is 5.32 Å². The van der Waals surface area contributed by atoms with Gasteiger partial charge in [0.25, 0.3) is 5.91 Å². The van der Waals surface area contributed by atoms with Crippen molar-refractivity contribution in [3.8, 4) is 11.3 Å². The zero-order valence-electron chi connectivity index (χ0n) is 15.9. The zero-order valence-corrected chi connectivity index (χ0v) is 17.4. The molecule has 1 N–H and O–H groups in total. The predicted octanol–water partition coefficient (Wildman–Crippen LogP) is 4.92. The van der Waals surface area contributed by atoms with Crippen molar-refractivity contribution >= 4 is 40.7 Å². The third kappa shape index (κ3) is 5.16. The summed E-state index contributed by atoms with van der Waals surface area (Å²) in [6.45, 7) is 0. The number of hydrogen-bond donors (Lipinski definition) is 1. The molecule has 1 aromatic heterocycles. The van der Waals surface area contributed by atoms with Gasteiger partial charge in [0.2, 0.25) is 5.91 Å². The second-order valence-corrected chi connectivity index (χ2v) is 7.35. The monoisotopic (exact) mass is 431 g/mol. The Hall–Kier alpha value is -2.83. The number of nitrogens with one attached hydrogen (secondary N) is 1. The van der Waals surface area contributed by atoms with Crippen LogP contribution in [-0.2, 0) is 11.2 Å². The number of nitrogens with zero attached hydrogens (tertiary/aromatic N) is 2. The van der Waals surface area contributed by atoms with Crippen molar-refractivity contribution in [3.05, 3.63) is 70.2 Å². The van der Waals surface area contributed by atoms with Gasteiger partial charge >= 0.3 is 0 Å². The first-order chi connectivity index (χ1) is 13.8. The van der Waals surface area contributed by atoms with Gasteiger partial charge in [-0.25, -0.2) is 4.98 Å². The number of amides is 2. The number of aromatic nitrogens is 1. The van der Waals surface area contributed by atoms with Gasteiger partial charge in [-0.05, 0) is 30.3 Å². The lowest BCUT2D eigenvalue weighted by Gasteiger charge is -2.12. The van der Waals surface area contributed by atoms with Crippen LogP contribution in [0.3, 0.4) is 0 Å². The number of oxazole rings is 1. The lowest BCUT2D eigenvalue weighted by atomic mass is 10.1. The fourth-order valence-electron chi connectivity index (χ4n) is 2.66. The maximum atomic E-state index is 12.3. The Morgan fingerprint density at radius 1 is 1.10 bits per heavy atom. The van der Waals surface area contributed by atoms with E-state index in [1.807, 2.05) is 18.2 Å². The summed E-state index contributed by atoms with van der Waals surface area (Å²) in [6, 6.07) is 12.1. The Bertz CT molecular complexity index is 1050. The minimum atomic E-state index is -0.265. The molecule has 0 saturated heterocycles. The quantitative estimate of drug-likeness (QED) is 0.600. The van der Waals surface area contributed by atoms with Crippen LogP contribution in [0.5, 0.6) is 0 Å². The van der Waals surface area contributed by atoms with Crippen LogP contribution in [0.4, 0.5) is 5.69 Å². The highest BCUT2D eigenvalue weighted by Crippen LogP contribution is 2.28. The third-order valence-corrected chi connectivity index (χ3v) is 4.81. The fraction of sp³-hybridized carbons (Fsp3) is 0.190. The minimum Gasteiger partial charge on any atom is -0.441 e. The molecule has 0 spiro atoms. The number of hydrogen-bond acceptors (Lipinski definition) is 4. The maximum absolute atomic E-state index is 12.3. The van der Waals surface area contributed by atoms with E-state index in [2.05, 4.69) is 10.3 Å². The SMILES string of the molecule is CN(C)C(=O)c1ccc(Cl)c(NC(=O)CCc2ncc(-c3ccccc3Cl)o2)c1. The summed E-state index contributed by atoms with van der Waals surface area (Å²) in [5, 5.41) is 3.65. The average Bonchev–Trinajstić information content (AvgIpc) is 3.16. The van der Waals surface area contributed by atoms with E-state index in [1.54, 1.807) is 44.6 Å². The summed E-state index contributed by atoms with van der Waals surface area (Å²) in [5.74, 6) is 0.532. The topological polar surface area (TPSA) is 75.4 Å². The molecule has 2 amide bonds. The standard InChI is InChI=1S/C21H19Cl2N3O3/c1-26(2)21(28)13-7-8-16(23)17(11-13)25-19(27)9-10-20-24-12-18(29-20)14-5-3-4-6-15(14)22/h3-8,11-12H,9-10H2,1-2H3,(H,25,27). The Kier molecular flexibility index (Phi) is 6.56. The second-order valence-electron chi connectivity index (χ2n) is 6.54. The summed E-state index contributed by atoms with van der Waals surface area (Å²) in [7, 11) is 3.31. The van der Waals surface area contributed by atoms with Gasteiger partial charge in [0, 0.05) is 38.1 Å². The van der Waals surface area contributed by atoms with E-state index >= 15 is 0 Å². The minimum absolute atomic E-state index is 0.144. The van der Waals surface area contributed by atoms with Gasteiger partial charge in [-0.2, -0.15) is 0 Å². The zero-order chi connectivity index (χ0) is 21.0. The van der Waals surface area contributed by atoms with Gasteiger partial charge in [-0.15, -0.1) is 0 Å². The van der Waals surface area contributed by atoms with E-state index < -0.39 is 0 Å². The summed E-state index contributed by atoms with van der Waals surface area (Å²) in [4.78, 5) is 30.1. The summed E-state index contributed by atoms with van der Waals surface area (Å²) in [5.41, 5.74) is 1.56. The molecule has 0 aliphatic heterocycles. The van der Waals surface area contributed by atoms with E-state index in [0.717, 1.165) is 5.56 Å². The molecule has 150 valence electrons. The number of benzene rings is 2. The first-order valence-corrected chi connectivity index (χ1v) is 9.61. The van der Waals surface area contributed by atoms with E-state index in [-0.39, 0.29) is 18.2 Å². The Morgan fingerprint density at radius 2 is 1.86 bits per heavy atom. The fourth-order valence-corrected chi connectivity index (χ4v) is 3.05. The van der Waals surface area contributed by atoms with Crippen LogP contribution in [0.25, 0.3) is 11.3 Å². The molecule has 0 unspecified atom stereocenters. The molecule has 8 heteroatoms. The van der Waals surface area contributed by atoms with Gasteiger partial charge in [0.15, 0.2) is 11.7 Å². The van der Waals surface area contributed by atoms with E-state index in [1.165, 1.54) is 4.90 Å². The molecular weight excluding hydrogens is 413 g/mol. The van der Waals surface area contributed by atoms with Crippen molar-refractivity contribution in [2.45, 2.75) is 12.8 Å². The molecule has 1 heterocycles. The van der Waals surface area contributed by atoms with Crippen LogP contribution in [0.2, 0.25) is 10.0 Å². The lowest BCUT2D eigenvalue weighted by Crippen LogP contribution is -2.22. The molecule has 0 fully saturated rings. The van der Waals surface area contributed by atoms with Crippen molar-refractivity contribution in [2.75, 3.05) is 19.4 Å². The number of rotatable bonds is 6. The van der Waals surface area contributed by atoms with Crippen LogP contribution in [0.15, 0.2) is 53.1 Å².